The number of nitrogens with one attached hydrogen (secondary N) is 1. The normalized spacial score (nSPS) is 12.6. The fourth-order valence-corrected chi connectivity index (χ4v) is 2.41. The monoisotopic (exact) mass is 322 g/mol. The van der Waals surface area contributed by atoms with Gasteiger partial charge in [-0.15, -0.1) is 5.10 Å². The summed E-state index contributed by atoms with van der Waals surface area (Å²) >= 11 is 6.24. The Morgan fingerprint density at radius 1 is 1.55 bits per heavy atom. The Hall–Kier alpha value is -2.52. The first-order valence-corrected chi connectivity index (χ1v) is 6.64. The lowest BCUT2D eigenvalue weighted by Gasteiger charge is -2.14. The highest BCUT2D eigenvalue weighted by atomic mass is 35.5. The number of carboxylic acid groups (broad SMARTS) is 1. The molecule has 0 spiro atoms. The Morgan fingerprint density at radius 3 is 3.00 bits per heavy atom. The van der Waals surface area contributed by atoms with Crippen LogP contribution in [-0.4, -0.2) is 54.3 Å². The number of aromatic amines is 1. The largest absolute Gasteiger partial charge is 0.479 e. The van der Waals surface area contributed by atoms with E-state index in [1.165, 1.54) is 7.11 Å². The van der Waals surface area contributed by atoms with E-state index in [9.17, 15) is 4.79 Å². The fourth-order valence-electron chi connectivity index (χ4n) is 2.19. The lowest BCUT2D eigenvalue weighted by molar-refractivity contribution is -0.148. The molecule has 0 fully saturated rings. The minimum Gasteiger partial charge on any atom is -0.479 e. The van der Waals surface area contributed by atoms with Gasteiger partial charge in [0.1, 0.15) is 11.3 Å². The molecule has 3 aromatic rings. The second-order valence-electron chi connectivity index (χ2n) is 4.48. The van der Waals surface area contributed by atoms with Gasteiger partial charge >= 0.3 is 5.97 Å². The highest BCUT2D eigenvalue weighted by molar-refractivity contribution is 6.31. The molecule has 0 aliphatic heterocycles. The standard InChI is InChI=1S/C12H11ClN6O3/c1-22-9(12(20)21)4-7-6(13)2-3-10-14-5-8(19(7)10)11-15-17-18-16-11/h2-3,5,9H,4H2,1H3,(H,20,21)(H,15,16,17,18). The molecular weight excluding hydrogens is 312 g/mol. The highest BCUT2D eigenvalue weighted by Gasteiger charge is 2.22. The first-order chi connectivity index (χ1) is 10.6. The van der Waals surface area contributed by atoms with Gasteiger partial charge in [0.25, 0.3) is 0 Å². The van der Waals surface area contributed by atoms with E-state index in [4.69, 9.17) is 21.4 Å². The molecule has 0 bridgehead atoms. The van der Waals surface area contributed by atoms with Gasteiger partial charge in [-0.05, 0) is 22.6 Å². The maximum absolute atomic E-state index is 11.2. The average Bonchev–Trinajstić information content (AvgIpc) is 3.14. The average molecular weight is 323 g/mol. The number of hydrogen-bond donors (Lipinski definition) is 2. The molecule has 0 saturated heterocycles. The van der Waals surface area contributed by atoms with Crippen LogP contribution in [0.15, 0.2) is 18.3 Å². The molecule has 0 aliphatic rings. The van der Waals surface area contributed by atoms with Crippen molar-refractivity contribution in [3.63, 3.8) is 0 Å². The Morgan fingerprint density at radius 2 is 2.36 bits per heavy atom. The van der Waals surface area contributed by atoms with E-state index in [0.29, 0.717) is 27.9 Å². The number of fused-ring (bicyclic) bond motifs is 1. The lowest BCUT2D eigenvalue weighted by Crippen LogP contribution is -2.26. The molecule has 22 heavy (non-hydrogen) atoms. The molecule has 9 nitrogen and oxygen atoms in total. The van der Waals surface area contributed by atoms with Crippen molar-refractivity contribution >= 4 is 23.2 Å². The van der Waals surface area contributed by atoms with Gasteiger partial charge in [0.2, 0.25) is 0 Å². The van der Waals surface area contributed by atoms with Crippen molar-refractivity contribution in [1.82, 2.24) is 30.0 Å². The minimum absolute atomic E-state index is 0.0763. The topological polar surface area (TPSA) is 118 Å². The van der Waals surface area contributed by atoms with Crippen LogP contribution in [-0.2, 0) is 16.0 Å². The second-order valence-corrected chi connectivity index (χ2v) is 4.89. The van der Waals surface area contributed by atoms with Crippen molar-refractivity contribution in [3.05, 3.63) is 29.0 Å². The summed E-state index contributed by atoms with van der Waals surface area (Å²) in [6.45, 7) is 0. The number of pyridine rings is 1. The van der Waals surface area contributed by atoms with Crippen LogP contribution in [0.4, 0.5) is 0 Å². The van der Waals surface area contributed by atoms with Crippen molar-refractivity contribution in [1.29, 1.82) is 0 Å². The third-order valence-corrected chi connectivity index (χ3v) is 3.58. The van der Waals surface area contributed by atoms with Crippen LogP contribution in [0.2, 0.25) is 5.02 Å². The van der Waals surface area contributed by atoms with E-state index >= 15 is 0 Å². The number of carbonyl (C=O) groups is 1. The Labute approximate surface area is 128 Å². The van der Waals surface area contributed by atoms with Gasteiger partial charge in [0.05, 0.1) is 11.2 Å². The lowest BCUT2D eigenvalue weighted by atomic mass is 10.1. The summed E-state index contributed by atoms with van der Waals surface area (Å²) in [5.74, 6) is -0.668. The van der Waals surface area contributed by atoms with Gasteiger partial charge < -0.3 is 9.84 Å². The third-order valence-electron chi connectivity index (χ3n) is 3.24. The van der Waals surface area contributed by atoms with Crippen molar-refractivity contribution in [2.45, 2.75) is 12.5 Å². The summed E-state index contributed by atoms with van der Waals surface area (Å²) in [6, 6.07) is 3.39. The van der Waals surface area contributed by atoms with Crippen LogP contribution in [0.25, 0.3) is 17.2 Å². The molecule has 1 unspecified atom stereocenters. The zero-order valence-electron chi connectivity index (χ0n) is 11.4. The number of halogens is 1. The molecule has 3 aromatic heterocycles. The van der Waals surface area contributed by atoms with Crippen molar-refractivity contribution in [2.75, 3.05) is 7.11 Å². The second kappa shape index (κ2) is 5.70. The fraction of sp³-hybridized carbons (Fsp3) is 0.250. The molecule has 0 amide bonds. The summed E-state index contributed by atoms with van der Waals surface area (Å²) in [6.07, 6.45) is 0.638. The number of carboxylic acids is 1. The number of aliphatic carboxylic acids is 1. The zero-order chi connectivity index (χ0) is 15.7. The van der Waals surface area contributed by atoms with Gasteiger partial charge in [-0.1, -0.05) is 11.6 Å². The number of imidazole rings is 1. The van der Waals surface area contributed by atoms with Crippen molar-refractivity contribution < 1.29 is 14.6 Å². The molecular formula is C12H11ClN6O3. The molecule has 10 heteroatoms. The molecule has 1 atom stereocenters. The van der Waals surface area contributed by atoms with Crippen LogP contribution < -0.4 is 0 Å². The van der Waals surface area contributed by atoms with Crippen LogP contribution in [0, 0.1) is 0 Å². The van der Waals surface area contributed by atoms with E-state index in [2.05, 4.69) is 25.6 Å². The van der Waals surface area contributed by atoms with E-state index in [-0.39, 0.29) is 6.42 Å². The summed E-state index contributed by atoms with van der Waals surface area (Å²) < 4.78 is 6.69. The SMILES string of the molecule is COC(Cc1c(Cl)ccc2ncc(-c3nnn[nH]3)n12)C(=O)O. The summed E-state index contributed by atoms with van der Waals surface area (Å²) in [5.41, 5.74) is 1.74. The van der Waals surface area contributed by atoms with Gasteiger partial charge in [-0.3, -0.25) is 4.40 Å². The van der Waals surface area contributed by atoms with Crippen LogP contribution in [0.1, 0.15) is 5.69 Å². The van der Waals surface area contributed by atoms with Crippen LogP contribution in [0.5, 0.6) is 0 Å². The number of methoxy groups -OCH3 is 1. The van der Waals surface area contributed by atoms with Crippen LogP contribution in [0.3, 0.4) is 0 Å². The quantitative estimate of drug-likeness (QED) is 0.713. The molecule has 0 saturated carbocycles. The Balaban J connectivity index is 2.17. The number of H-pyrrole nitrogens is 1. The number of rotatable bonds is 5. The predicted molar refractivity (Wildman–Crippen MR) is 75.5 cm³/mol. The van der Waals surface area contributed by atoms with E-state index < -0.39 is 12.1 Å². The molecule has 3 heterocycles. The van der Waals surface area contributed by atoms with E-state index in [1.807, 2.05) is 0 Å². The number of tetrazole rings is 1. The first kappa shape index (κ1) is 14.4. The molecule has 0 aliphatic carbocycles. The molecule has 3 rings (SSSR count). The van der Waals surface area contributed by atoms with Crippen molar-refractivity contribution in [3.8, 4) is 11.5 Å². The van der Waals surface area contributed by atoms with Crippen molar-refractivity contribution in [2.24, 2.45) is 0 Å². The van der Waals surface area contributed by atoms with Gasteiger partial charge in [-0.25, -0.2) is 14.9 Å². The van der Waals surface area contributed by atoms with Gasteiger partial charge in [-0.2, -0.15) is 0 Å². The maximum Gasteiger partial charge on any atom is 0.333 e. The maximum atomic E-state index is 11.2. The zero-order valence-corrected chi connectivity index (χ0v) is 12.2. The third kappa shape index (κ3) is 2.40. The number of aromatic nitrogens is 6. The van der Waals surface area contributed by atoms with E-state index in [0.717, 1.165) is 0 Å². The predicted octanol–water partition coefficient (Wildman–Crippen LogP) is 0.810. The summed E-state index contributed by atoms with van der Waals surface area (Å²) in [4.78, 5) is 15.5. The Kier molecular flexibility index (Phi) is 3.73. The number of ether oxygens (including phenoxy) is 1. The van der Waals surface area contributed by atoms with Gasteiger partial charge in [0, 0.05) is 19.2 Å². The van der Waals surface area contributed by atoms with Gasteiger partial charge in [0.15, 0.2) is 11.9 Å². The molecule has 2 N–H and O–H groups in total. The number of nitrogens with zero attached hydrogens (tertiary/aromatic N) is 5. The smallest absolute Gasteiger partial charge is 0.333 e. The molecule has 0 radical (unpaired) electrons. The highest BCUT2D eigenvalue weighted by Crippen LogP contribution is 2.25. The van der Waals surface area contributed by atoms with Crippen LogP contribution >= 0.6 is 11.6 Å². The first-order valence-electron chi connectivity index (χ1n) is 6.26. The molecule has 114 valence electrons. The summed E-state index contributed by atoms with van der Waals surface area (Å²) in [7, 11) is 1.34. The summed E-state index contributed by atoms with van der Waals surface area (Å²) in [5, 5.41) is 23.1. The number of hydrogen-bond acceptors (Lipinski definition) is 6. The minimum atomic E-state index is -1.07. The molecule has 0 aromatic carbocycles. The Bertz CT molecular complexity index is 816. The van der Waals surface area contributed by atoms with E-state index in [1.54, 1.807) is 22.7 Å².